The first-order valence-corrected chi connectivity index (χ1v) is 8.42. The zero-order chi connectivity index (χ0) is 12.7. The summed E-state index contributed by atoms with van der Waals surface area (Å²) in [6, 6.07) is 0.450. The number of hydrogen-bond donors (Lipinski definition) is 2. The van der Waals surface area contributed by atoms with Gasteiger partial charge < -0.3 is 5.32 Å². The van der Waals surface area contributed by atoms with Crippen LogP contribution >= 0.6 is 0 Å². The maximum absolute atomic E-state index is 11.8. The Morgan fingerprint density at radius 2 is 2.18 bits per heavy atom. The molecule has 4 nitrogen and oxygen atoms in total. The van der Waals surface area contributed by atoms with Crippen LogP contribution in [0, 0.1) is 0 Å². The third-order valence-corrected chi connectivity index (χ3v) is 4.78. The van der Waals surface area contributed by atoms with Gasteiger partial charge >= 0.3 is 0 Å². The molecule has 0 aromatic carbocycles. The molecular weight excluding hydrogens is 236 g/mol. The van der Waals surface area contributed by atoms with E-state index in [1.807, 2.05) is 6.92 Å². The molecule has 5 heteroatoms. The van der Waals surface area contributed by atoms with Gasteiger partial charge in [-0.3, -0.25) is 0 Å². The fraction of sp³-hybridized carbons (Fsp3) is 1.00. The predicted molar refractivity (Wildman–Crippen MR) is 71.6 cm³/mol. The second-order valence-corrected chi connectivity index (χ2v) is 6.94. The first-order valence-electron chi connectivity index (χ1n) is 6.77. The molecule has 1 aliphatic heterocycles. The van der Waals surface area contributed by atoms with Crippen molar-refractivity contribution in [2.45, 2.75) is 64.5 Å². The molecule has 2 N–H and O–H groups in total. The van der Waals surface area contributed by atoms with Crippen molar-refractivity contribution in [1.82, 2.24) is 10.0 Å². The van der Waals surface area contributed by atoms with Crippen LogP contribution in [0.25, 0.3) is 0 Å². The number of nitrogens with one attached hydrogen (secondary N) is 2. The summed E-state index contributed by atoms with van der Waals surface area (Å²) >= 11 is 0. The molecule has 17 heavy (non-hydrogen) atoms. The van der Waals surface area contributed by atoms with Crippen LogP contribution < -0.4 is 10.0 Å². The first kappa shape index (κ1) is 14.9. The molecule has 0 bridgehead atoms. The van der Waals surface area contributed by atoms with Gasteiger partial charge in [0, 0.05) is 12.1 Å². The lowest BCUT2D eigenvalue weighted by Crippen LogP contribution is -2.39. The summed E-state index contributed by atoms with van der Waals surface area (Å²) in [6.07, 6.45) is 6.19. The molecule has 102 valence electrons. The lowest BCUT2D eigenvalue weighted by atomic mass is 10.0. The molecule has 0 aromatic rings. The van der Waals surface area contributed by atoms with E-state index in [1.165, 1.54) is 12.8 Å². The van der Waals surface area contributed by atoms with Crippen molar-refractivity contribution in [2.24, 2.45) is 0 Å². The zero-order valence-electron chi connectivity index (χ0n) is 11.0. The first-order chi connectivity index (χ1) is 8.03. The Morgan fingerprint density at radius 3 is 2.76 bits per heavy atom. The Labute approximate surface area is 106 Å². The second kappa shape index (κ2) is 7.34. The average Bonchev–Trinajstić information content (AvgIpc) is 2.27. The highest BCUT2D eigenvalue weighted by Gasteiger charge is 2.18. The van der Waals surface area contributed by atoms with E-state index in [9.17, 15) is 8.42 Å². The van der Waals surface area contributed by atoms with E-state index in [4.69, 9.17) is 0 Å². The summed E-state index contributed by atoms with van der Waals surface area (Å²) < 4.78 is 26.4. The molecule has 1 heterocycles. The molecule has 0 amide bonds. The molecule has 1 aliphatic rings. The lowest BCUT2D eigenvalue weighted by Gasteiger charge is -2.23. The van der Waals surface area contributed by atoms with Gasteiger partial charge in [0.25, 0.3) is 0 Å². The summed E-state index contributed by atoms with van der Waals surface area (Å²) in [5.41, 5.74) is 0. The van der Waals surface area contributed by atoms with Crippen molar-refractivity contribution in [3.8, 4) is 0 Å². The van der Waals surface area contributed by atoms with Crippen LogP contribution in [-0.2, 0) is 10.0 Å². The highest BCUT2D eigenvalue weighted by atomic mass is 32.2. The Kier molecular flexibility index (Phi) is 6.44. The van der Waals surface area contributed by atoms with Crippen LogP contribution in [0.1, 0.15) is 52.4 Å². The molecule has 0 spiro atoms. The normalized spacial score (nSPS) is 23.5. The number of sulfonamides is 1. The summed E-state index contributed by atoms with van der Waals surface area (Å²) in [5.74, 6) is 0.249. The van der Waals surface area contributed by atoms with Crippen molar-refractivity contribution in [3.63, 3.8) is 0 Å². The van der Waals surface area contributed by atoms with E-state index in [1.54, 1.807) is 0 Å². The van der Waals surface area contributed by atoms with Gasteiger partial charge in [-0.2, -0.15) is 0 Å². The molecule has 0 radical (unpaired) electrons. The van der Waals surface area contributed by atoms with E-state index < -0.39 is 10.0 Å². The molecule has 1 saturated heterocycles. The summed E-state index contributed by atoms with van der Waals surface area (Å²) in [7, 11) is -3.09. The summed E-state index contributed by atoms with van der Waals surface area (Å²) in [4.78, 5) is 0. The Bertz CT molecular complexity index is 298. The fourth-order valence-corrected chi connectivity index (χ4v) is 3.77. The molecule has 1 rings (SSSR count). The maximum Gasteiger partial charge on any atom is 0.211 e. The van der Waals surface area contributed by atoms with Gasteiger partial charge in [0.1, 0.15) is 0 Å². The van der Waals surface area contributed by atoms with Gasteiger partial charge in [-0.15, -0.1) is 0 Å². The molecule has 0 aliphatic carbocycles. The molecule has 2 atom stereocenters. The number of piperidine rings is 1. The topological polar surface area (TPSA) is 58.2 Å². The fourth-order valence-electron chi connectivity index (χ4n) is 2.33. The quantitative estimate of drug-likeness (QED) is 0.733. The lowest BCUT2D eigenvalue weighted by molar-refractivity contribution is 0.392. The largest absolute Gasteiger partial charge is 0.314 e. The summed E-state index contributed by atoms with van der Waals surface area (Å²) in [6.45, 7) is 5.03. The van der Waals surface area contributed by atoms with Gasteiger partial charge in [-0.25, -0.2) is 13.1 Å². The highest BCUT2D eigenvalue weighted by Crippen LogP contribution is 2.11. The minimum atomic E-state index is -3.09. The smallest absolute Gasteiger partial charge is 0.211 e. The number of rotatable bonds is 7. The van der Waals surface area contributed by atoms with Gasteiger partial charge in [0.05, 0.1) is 5.75 Å². The van der Waals surface area contributed by atoms with Gasteiger partial charge in [-0.05, 0) is 39.2 Å². The third kappa shape index (κ3) is 6.38. The van der Waals surface area contributed by atoms with Crippen LogP contribution in [0.3, 0.4) is 0 Å². The van der Waals surface area contributed by atoms with Crippen molar-refractivity contribution < 1.29 is 8.42 Å². The van der Waals surface area contributed by atoms with E-state index in [-0.39, 0.29) is 11.8 Å². The van der Waals surface area contributed by atoms with Gasteiger partial charge in [0.2, 0.25) is 10.0 Å². The maximum atomic E-state index is 11.8. The standard InChI is InChI=1S/C12H26N2O2S/c1-3-6-11(2)14-17(15,16)10-8-12-7-4-5-9-13-12/h11-14H,3-10H2,1-2H3. The van der Waals surface area contributed by atoms with Crippen LogP contribution in [-0.4, -0.2) is 32.8 Å². The van der Waals surface area contributed by atoms with Crippen molar-refractivity contribution >= 4 is 10.0 Å². The van der Waals surface area contributed by atoms with E-state index in [0.717, 1.165) is 32.2 Å². The van der Waals surface area contributed by atoms with Crippen molar-refractivity contribution in [3.05, 3.63) is 0 Å². The van der Waals surface area contributed by atoms with Crippen LogP contribution in [0.15, 0.2) is 0 Å². The Hall–Kier alpha value is -0.130. The molecular formula is C12H26N2O2S. The van der Waals surface area contributed by atoms with E-state index in [0.29, 0.717) is 6.04 Å². The van der Waals surface area contributed by atoms with E-state index >= 15 is 0 Å². The Balaban J connectivity index is 2.28. The molecule has 0 aromatic heterocycles. The monoisotopic (exact) mass is 262 g/mol. The Morgan fingerprint density at radius 1 is 1.41 bits per heavy atom. The molecule has 2 unspecified atom stereocenters. The predicted octanol–water partition coefficient (Wildman–Crippen LogP) is 1.63. The van der Waals surface area contributed by atoms with Crippen LogP contribution in [0.5, 0.6) is 0 Å². The number of hydrogen-bond acceptors (Lipinski definition) is 3. The van der Waals surface area contributed by atoms with Crippen molar-refractivity contribution in [2.75, 3.05) is 12.3 Å². The van der Waals surface area contributed by atoms with Gasteiger partial charge in [-0.1, -0.05) is 19.8 Å². The van der Waals surface area contributed by atoms with Crippen LogP contribution in [0.4, 0.5) is 0 Å². The van der Waals surface area contributed by atoms with Crippen molar-refractivity contribution in [1.29, 1.82) is 0 Å². The van der Waals surface area contributed by atoms with Crippen LogP contribution in [0.2, 0.25) is 0 Å². The molecule has 0 saturated carbocycles. The molecule has 1 fully saturated rings. The summed E-state index contributed by atoms with van der Waals surface area (Å²) in [5, 5.41) is 3.38. The minimum Gasteiger partial charge on any atom is -0.314 e. The minimum absolute atomic E-state index is 0.0596. The van der Waals surface area contributed by atoms with E-state index in [2.05, 4.69) is 17.0 Å². The third-order valence-electron chi connectivity index (χ3n) is 3.25. The highest BCUT2D eigenvalue weighted by molar-refractivity contribution is 7.89. The SMILES string of the molecule is CCCC(C)NS(=O)(=O)CCC1CCCCN1. The zero-order valence-corrected chi connectivity index (χ0v) is 11.9. The van der Waals surface area contributed by atoms with Gasteiger partial charge in [0.15, 0.2) is 0 Å². The second-order valence-electron chi connectivity index (χ2n) is 5.06. The average molecular weight is 262 g/mol.